The molecule has 96 valence electrons. The minimum Gasteiger partial charge on any atom is -0.399 e. The molecule has 2 aromatic rings. The summed E-state index contributed by atoms with van der Waals surface area (Å²) in [6, 6.07) is 14.0. The Morgan fingerprint density at radius 1 is 0.950 bits per heavy atom. The fourth-order valence-electron chi connectivity index (χ4n) is 1.69. The summed E-state index contributed by atoms with van der Waals surface area (Å²) in [5.41, 5.74) is 9.11. The number of nitrogen functional groups attached to an aromatic ring is 1. The maximum absolute atomic E-state index is 8.95. The van der Waals surface area contributed by atoms with E-state index in [1.165, 1.54) is 6.07 Å². The molecule has 0 aliphatic heterocycles. The van der Waals surface area contributed by atoms with Gasteiger partial charge in [0.2, 0.25) is 0 Å². The first kappa shape index (κ1) is 13.3. The molecule has 0 atom stereocenters. The minimum absolute atomic E-state index is 0.290. The van der Waals surface area contributed by atoms with Gasteiger partial charge in [0.05, 0.1) is 22.5 Å². The third-order valence-corrected chi connectivity index (χ3v) is 2.74. The van der Waals surface area contributed by atoms with E-state index < -0.39 is 0 Å². The number of hydrogen-bond acceptors (Lipinski definition) is 5. The smallest absolute Gasteiger partial charge is 0.101 e. The maximum Gasteiger partial charge on any atom is 0.101 e. The molecule has 0 bridgehead atoms. The first-order valence-electron chi connectivity index (χ1n) is 5.86. The van der Waals surface area contributed by atoms with E-state index in [0.717, 1.165) is 5.56 Å². The van der Waals surface area contributed by atoms with E-state index in [2.05, 4.69) is 10.2 Å². The Morgan fingerprint density at radius 2 is 1.70 bits per heavy atom. The Hall–Kier alpha value is -3.18. The summed E-state index contributed by atoms with van der Waals surface area (Å²) in [5, 5.41) is 26.0. The van der Waals surface area contributed by atoms with Crippen molar-refractivity contribution in [1.82, 2.24) is 0 Å². The number of anilines is 1. The summed E-state index contributed by atoms with van der Waals surface area (Å²) in [4.78, 5) is 0. The second kappa shape index (κ2) is 5.64. The van der Waals surface area contributed by atoms with Crippen molar-refractivity contribution in [3.63, 3.8) is 0 Å². The van der Waals surface area contributed by atoms with E-state index in [9.17, 15) is 0 Å². The van der Waals surface area contributed by atoms with E-state index in [1.54, 1.807) is 24.3 Å². The Morgan fingerprint density at radius 3 is 2.35 bits per heavy atom. The molecule has 20 heavy (non-hydrogen) atoms. The van der Waals surface area contributed by atoms with Gasteiger partial charge in [-0.05, 0) is 48.9 Å². The van der Waals surface area contributed by atoms with Crippen molar-refractivity contribution in [3.05, 3.63) is 53.1 Å². The lowest BCUT2D eigenvalue weighted by Gasteiger charge is -2.00. The summed E-state index contributed by atoms with van der Waals surface area (Å²) in [6.07, 6.45) is 0. The Kier molecular flexibility index (Phi) is 3.74. The zero-order valence-corrected chi connectivity index (χ0v) is 10.8. The molecule has 2 rings (SSSR count). The summed E-state index contributed by atoms with van der Waals surface area (Å²) < 4.78 is 0. The third kappa shape index (κ3) is 2.80. The van der Waals surface area contributed by atoms with Gasteiger partial charge in [-0.3, -0.25) is 0 Å². The van der Waals surface area contributed by atoms with Crippen LogP contribution in [0.15, 0.2) is 46.6 Å². The molecular formula is C15H11N5. The minimum atomic E-state index is 0.290. The zero-order valence-electron chi connectivity index (χ0n) is 10.8. The van der Waals surface area contributed by atoms with Crippen molar-refractivity contribution in [2.75, 3.05) is 5.73 Å². The van der Waals surface area contributed by atoms with Crippen molar-refractivity contribution in [2.45, 2.75) is 6.92 Å². The second-order valence-electron chi connectivity index (χ2n) is 4.20. The van der Waals surface area contributed by atoms with Gasteiger partial charge in [-0.25, -0.2) is 0 Å². The van der Waals surface area contributed by atoms with Crippen LogP contribution >= 0.6 is 0 Å². The summed E-state index contributed by atoms with van der Waals surface area (Å²) in [6.45, 7) is 1.89. The summed E-state index contributed by atoms with van der Waals surface area (Å²) >= 11 is 0. The first-order valence-corrected chi connectivity index (χ1v) is 5.86. The van der Waals surface area contributed by atoms with Gasteiger partial charge in [0.15, 0.2) is 0 Å². The Balaban J connectivity index is 2.33. The third-order valence-electron chi connectivity index (χ3n) is 2.74. The van der Waals surface area contributed by atoms with Crippen molar-refractivity contribution < 1.29 is 0 Å². The number of nitrogens with two attached hydrogens (primary N) is 1. The molecule has 0 aliphatic carbocycles. The predicted octanol–water partition coefficient (Wildman–Crippen LogP) is 3.74. The van der Waals surface area contributed by atoms with Crippen LogP contribution in [0.4, 0.5) is 17.1 Å². The lowest BCUT2D eigenvalue weighted by atomic mass is 10.1. The number of azo groups is 1. The molecular weight excluding hydrogens is 250 g/mol. The fraction of sp³-hybridized carbons (Fsp3) is 0.0667. The van der Waals surface area contributed by atoms with Gasteiger partial charge in [-0.15, -0.1) is 0 Å². The number of hydrogen-bond donors (Lipinski definition) is 1. The van der Waals surface area contributed by atoms with Crippen LogP contribution in [-0.2, 0) is 0 Å². The van der Waals surface area contributed by atoms with Gasteiger partial charge in [-0.2, -0.15) is 20.8 Å². The number of benzene rings is 2. The van der Waals surface area contributed by atoms with Crippen LogP contribution in [0.2, 0.25) is 0 Å². The van der Waals surface area contributed by atoms with Crippen LogP contribution < -0.4 is 5.73 Å². The van der Waals surface area contributed by atoms with Gasteiger partial charge in [-0.1, -0.05) is 0 Å². The van der Waals surface area contributed by atoms with Gasteiger partial charge < -0.3 is 5.73 Å². The molecule has 5 nitrogen and oxygen atoms in total. The van der Waals surface area contributed by atoms with E-state index in [4.69, 9.17) is 16.3 Å². The first-order chi connectivity index (χ1) is 9.63. The molecule has 2 N–H and O–H groups in total. The van der Waals surface area contributed by atoms with Crippen LogP contribution in [0.5, 0.6) is 0 Å². The monoisotopic (exact) mass is 261 g/mol. The van der Waals surface area contributed by atoms with E-state index in [0.29, 0.717) is 22.6 Å². The lowest BCUT2D eigenvalue weighted by molar-refractivity contribution is 1.21. The summed E-state index contributed by atoms with van der Waals surface area (Å²) in [7, 11) is 0. The molecule has 0 spiro atoms. The summed E-state index contributed by atoms with van der Waals surface area (Å²) in [5.74, 6) is 0. The predicted molar refractivity (Wildman–Crippen MR) is 75.6 cm³/mol. The second-order valence-corrected chi connectivity index (χ2v) is 4.20. The molecule has 0 heterocycles. The highest BCUT2D eigenvalue weighted by atomic mass is 15.1. The van der Waals surface area contributed by atoms with E-state index in [1.807, 2.05) is 25.1 Å². The highest BCUT2D eigenvalue weighted by Gasteiger charge is 2.02. The molecule has 0 amide bonds. The van der Waals surface area contributed by atoms with Gasteiger partial charge in [0.25, 0.3) is 0 Å². The van der Waals surface area contributed by atoms with Crippen molar-refractivity contribution >= 4 is 17.1 Å². The largest absolute Gasteiger partial charge is 0.399 e. The average Bonchev–Trinajstić information content (AvgIpc) is 2.46. The van der Waals surface area contributed by atoms with Crippen molar-refractivity contribution in [3.8, 4) is 12.1 Å². The molecule has 2 aromatic carbocycles. The van der Waals surface area contributed by atoms with Crippen molar-refractivity contribution in [2.24, 2.45) is 10.2 Å². The van der Waals surface area contributed by atoms with Crippen LogP contribution in [0, 0.1) is 29.6 Å². The standard InChI is InChI=1S/C15H11N5/c1-10-6-13(18)3-5-15(10)20-19-14-4-2-11(8-16)12(7-14)9-17/h2-7H,18H2,1H3. The van der Waals surface area contributed by atoms with Crippen LogP contribution in [0.3, 0.4) is 0 Å². The number of nitriles is 2. The van der Waals surface area contributed by atoms with Gasteiger partial charge >= 0.3 is 0 Å². The molecule has 0 fully saturated rings. The number of nitrogens with zero attached hydrogens (tertiary/aromatic N) is 4. The van der Waals surface area contributed by atoms with Gasteiger partial charge in [0.1, 0.15) is 12.1 Å². The van der Waals surface area contributed by atoms with Crippen LogP contribution in [0.25, 0.3) is 0 Å². The number of rotatable bonds is 2. The highest BCUT2D eigenvalue weighted by Crippen LogP contribution is 2.24. The van der Waals surface area contributed by atoms with E-state index >= 15 is 0 Å². The molecule has 0 saturated carbocycles. The molecule has 5 heteroatoms. The van der Waals surface area contributed by atoms with E-state index in [-0.39, 0.29) is 5.56 Å². The average molecular weight is 261 g/mol. The molecule has 0 unspecified atom stereocenters. The van der Waals surface area contributed by atoms with Crippen LogP contribution in [0.1, 0.15) is 16.7 Å². The van der Waals surface area contributed by atoms with Crippen LogP contribution in [-0.4, -0.2) is 0 Å². The Labute approximate surface area is 116 Å². The maximum atomic E-state index is 8.95. The molecule has 0 aromatic heterocycles. The number of aryl methyl sites for hydroxylation is 1. The normalized spacial score (nSPS) is 10.2. The lowest BCUT2D eigenvalue weighted by Crippen LogP contribution is -1.84. The topological polar surface area (TPSA) is 98.3 Å². The fourth-order valence-corrected chi connectivity index (χ4v) is 1.69. The molecule has 0 radical (unpaired) electrons. The Bertz CT molecular complexity index is 763. The van der Waals surface area contributed by atoms with Gasteiger partial charge in [0, 0.05) is 5.69 Å². The molecule has 0 aliphatic rings. The van der Waals surface area contributed by atoms with Crippen molar-refractivity contribution in [1.29, 1.82) is 10.5 Å². The SMILES string of the molecule is Cc1cc(N)ccc1N=Nc1ccc(C#N)c(C#N)c1. The zero-order chi connectivity index (χ0) is 14.5. The molecule has 0 saturated heterocycles. The quantitative estimate of drug-likeness (QED) is 0.658. The highest BCUT2D eigenvalue weighted by molar-refractivity contribution is 5.56.